The first kappa shape index (κ1) is 11.0. The average Bonchev–Trinajstić information content (AvgIpc) is 2.81. The maximum Gasteiger partial charge on any atom is 0.188 e. The Morgan fingerprint density at radius 3 is 2.83 bits per heavy atom. The number of nitrogens with one attached hydrogen (secondary N) is 1. The van der Waals surface area contributed by atoms with E-state index in [0.29, 0.717) is 0 Å². The van der Waals surface area contributed by atoms with Crippen LogP contribution in [0, 0.1) is 0 Å². The molecule has 0 amide bonds. The van der Waals surface area contributed by atoms with Gasteiger partial charge >= 0.3 is 0 Å². The maximum atomic E-state index is 5.19. The molecule has 0 aliphatic carbocycles. The molecule has 0 saturated carbocycles. The summed E-state index contributed by atoms with van der Waals surface area (Å²) in [5.41, 5.74) is 2.00. The molecule has 0 fully saturated rings. The fraction of sp³-hybridized carbons (Fsp3) is 0.0714. The van der Waals surface area contributed by atoms with Crippen LogP contribution in [0.25, 0.3) is 10.2 Å². The standard InChI is InChI=1S/C14H12N2OS/c1-17-11-6-4-5-10(9-11)15-14-16-12-7-2-3-8-13(12)18-14/h2-9H,1H3,(H,15,16). The average molecular weight is 256 g/mol. The van der Waals surface area contributed by atoms with Crippen molar-refractivity contribution in [3.8, 4) is 5.75 Å². The smallest absolute Gasteiger partial charge is 0.188 e. The van der Waals surface area contributed by atoms with Crippen molar-refractivity contribution >= 4 is 32.4 Å². The third kappa shape index (κ3) is 2.15. The van der Waals surface area contributed by atoms with Gasteiger partial charge in [0.25, 0.3) is 0 Å². The number of ether oxygens (including phenoxy) is 1. The Hall–Kier alpha value is -2.07. The summed E-state index contributed by atoms with van der Waals surface area (Å²) in [6.45, 7) is 0. The zero-order chi connectivity index (χ0) is 12.4. The van der Waals surface area contributed by atoms with Crippen LogP contribution in [0.4, 0.5) is 10.8 Å². The molecular weight excluding hydrogens is 244 g/mol. The fourth-order valence-electron chi connectivity index (χ4n) is 1.75. The van der Waals surface area contributed by atoms with Gasteiger partial charge in [-0.3, -0.25) is 0 Å². The molecule has 90 valence electrons. The first-order valence-electron chi connectivity index (χ1n) is 5.62. The van der Waals surface area contributed by atoms with E-state index in [0.717, 1.165) is 22.1 Å². The number of aromatic nitrogens is 1. The van der Waals surface area contributed by atoms with Crippen molar-refractivity contribution < 1.29 is 4.74 Å². The van der Waals surface area contributed by atoms with E-state index in [1.807, 2.05) is 42.5 Å². The van der Waals surface area contributed by atoms with Gasteiger partial charge in [-0.2, -0.15) is 0 Å². The zero-order valence-corrected chi connectivity index (χ0v) is 10.7. The summed E-state index contributed by atoms with van der Waals surface area (Å²) in [4.78, 5) is 4.53. The van der Waals surface area contributed by atoms with Crippen molar-refractivity contribution in [2.75, 3.05) is 12.4 Å². The fourth-order valence-corrected chi connectivity index (χ4v) is 2.64. The summed E-state index contributed by atoms with van der Waals surface area (Å²) in [5, 5.41) is 4.19. The van der Waals surface area contributed by atoms with Gasteiger partial charge in [0.2, 0.25) is 0 Å². The molecule has 0 radical (unpaired) electrons. The van der Waals surface area contributed by atoms with Crippen molar-refractivity contribution in [2.45, 2.75) is 0 Å². The molecule has 0 atom stereocenters. The van der Waals surface area contributed by atoms with Crippen LogP contribution in [0.5, 0.6) is 5.75 Å². The normalized spacial score (nSPS) is 10.5. The largest absolute Gasteiger partial charge is 0.497 e. The first-order valence-corrected chi connectivity index (χ1v) is 6.43. The van der Waals surface area contributed by atoms with Gasteiger partial charge in [0.05, 0.1) is 17.3 Å². The summed E-state index contributed by atoms with van der Waals surface area (Å²) < 4.78 is 6.38. The number of thiazole rings is 1. The summed E-state index contributed by atoms with van der Waals surface area (Å²) in [5.74, 6) is 0.834. The number of benzene rings is 2. The van der Waals surface area contributed by atoms with Gasteiger partial charge in [0.1, 0.15) is 5.75 Å². The molecule has 0 aliphatic heterocycles. The first-order chi connectivity index (χ1) is 8.85. The molecule has 3 rings (SSSR count). The Labute approximate surface area is 109 Å². The number of hydrogen-bond acceptors (Lipinski definition) is 4. The molecule has 1 N–H and O–H groups in total. The molecule has 0 saturated heterocycles. The Morgan fingerprint density at radius 1 is 1.11 bits per heavy atom. The summed E-state index contributed by atoms with van der Waals surface area (Å²) in [6, 6.07) is 15.9. The van der Waals surface area contributed by atoms with Crippen LogP contribution >= 0.6 is 11.3 Å². The van der Waals surface area contributed by atoms with Crippen molar-refractivity contribution in [3.63, 3.8) is 0 Å². The van der Waals surface area contributed by atoms with Gasteiger partial charge in [0.15, 0.2) is 5.13 Å². The minimum atomic E-state index is 0.834. The van der Waals surface area contributed by atoms with Crippen LogP contribution in [-0.4, -0.2) is 12.1 Å². The highest BCUT2D eigenvalue weighted by molar-refractivity contribution is 7.22. The third-order valence-corrected chi connectivity index (χ3v) is 3.57. The van der Waals surface area contributed by atoms with Crippen LogP contribution in [0.15, 0.2) is 48.5 Å². The minimum absolute atomic E-state index is 0.834. The molecule has 18 heavy (non-hydrogen) atoms. The van der Waals surface area contributed by atoms with Crippen molar-refractivity contribution in [1.82, 2.24) is 4.98 Å². The van der Waals surface area contributed by atoms with E-state index in [4.69, 9.17) is 4.74 Å². The molecule has 1 heterocycles. The lowest BCUT2D eigenvalue weighted by atomic mass is 10.3. The van der Waals surface area contributed by atoms with Gasteiger partial charge in [-0.1, -0.05) is 29.5 Å². The number of hydrogen-bond donors (Lipinski definition) is 1. The number of nitrogens with zero attached hydrogens (tertiary/aromatic N) is 1. The Balaban J connectivity index is 1.91. The highest BCUT2D eigenvalue weighted by Crippen LogP contribution is 2.28. The van der Waals surface area contributed by atoms with Gasteiger partial charge < -0.3 is 10.1 Å². The molecule has 0 bridgehead atoms. The van der Waals surface area contributed by atoms with Gasteiger partial charge in [-0.05, 0) is 24.3 Å². The van der Waals surface area contributed by atoms with Gasteiger partial charge in [-0.25, -0.2) is 4.98 Å². The quantitative estimate of drug-likeness (QED) is 0.767. The molecule has 1 aromatic heterocycles. The van der Waals surface area contributed by atoms with Crippen LogP contribution in [0.3, 0.4) is 0 Å². The van der Waals surface area contributed by atoms with Crippen molar-refractivity contribution in [3.05, 3.63) is 48.5 Å². The molecule has 2 aromatic carbocycles. The summed E-state index contributed by atoms with van der Waals surface area (Å²) in [6.07, 6.45) is 0. The number of methoxy groups -OCH3 is 1. The number of rotatable bonds is 3. The van der Waals surface area contributed by atoms with Crippen LogP contribution < -0.4 is 10.1 Å². The maximum absolute atomic E-state index is 5.19. The molecule has 3 nitrogen and oxygen atoms in total. The summed E-state index contributed by atoms with van der Waals surface area (Å²) >= 11 is 1.64. The number of fused-ring (bicyclic) bond motifs is 1. The monoisotopic (exact) mass is 256 g/mol. The van der Waals surface area contributed by atoms with E-state index in [9.17, 15) is 0 Å². The zero-order valence-electron chi connectivity index (χ0n) is 9.88. The van der Waals surface area contributed by atoms with E-state index in [2.05, 4.69) is 16.4 Å². The predicted octanol–water partition coefficient (Wildman–Crippen LogP) is 4.05. The van der Waals surface area contributed by atoms with Gasteiger partial charge in [-0.15, -0.1) is 0 Å². The number of anilines is 2. The molecule has 0 aliphatic rings. The second-order valence-electron chi connectivity index (χ2n) is 3.84. The lowest BCUT2D eigenvalue weighted by molar-refractivity contribution is 0.415. The SMILES string of the molecule is COc1cccc(Nc2nc3ccccc3s2)c1. The van der Waals surface area contributed by atoms with E-state index in [1.54, 1.807) is 18.4 Å². The van der Waals surface area contributed by atoms with E-state index in [1.165, 1.54) is 4.70 Å². The highest BCUT2D eigenvalue weighted by Gasteiger charge is 2.03. The van der Waals surface area contributed by atoms with Gasteiger partial charge in [0, 0.05) is 11.8 Å². The molecular formula is C14H12N2OS. The Morgan fingerprint density at radius 2 is 2.00 bits per heavy atom. The predicted molar refractivity (Wildman–Crippen MR) is 75.9 cm³/mol. The van der Waals surface area contributed by atoms with E-state index in [-0.39, 0.29) is 0 Å². The second-order valence-corrected chi connectivity index (χ2v) is 4.87. The van der Waals surface area contributed by atoms with E-state index < -0.39 is 0 Å². The molecule has 4 heteroatoms. The van der Waals surface area contributed by atoms with Crippen molar-refractivity contribution in [1.29, 1.82) is 0 Å². The van der Waals surface area contributed by atoms with Crippen molar-refractivity contribution in [2.24, 2.45) is 0 Å². The lowest BCUT2D eigenvalue weighted by Crippen LogP contribution is -1.90. The number of para-hydroxylation sites is 1. The minimum Gasteiger partial charge on any atom is -0.497 e. The van der Waals surface area contributed by atoms with Crippen LogP contribution in [0.1, 0.15) is 0 Å². The molecule has 0 spiro atoms. The third-order valence-electron chi connectivity index (χ3n) is 2.61. The van der Waals surface area contributed by atoms with Crippen LogP contribution in [-0.2, 0) is 0 Å². The second kappa shape index (κ2) is 4.66. The topological polar surface area (TPSA) is 34.1 Å². The molecule has 3 aromatic rings. The van der Waals surface area contributed by atoms with Crippen LogP contribution in [0.2, 0.25) is 0 Å². The summed E-state index contributed by atoms with van der Waals surface area (Å²) in [7, 11) is 1.66. The Kier molecular flexibility index (Phi) is 2.86. The lowest BCUT2D eigenvalue weighted by Gasteiger charge is -2.04. The van der Waals surface area contributed by atoms with E-state index >= 15 is 0 Å². The molecule has 0 unspecified atom stereocenters. The Bertz CT molecular complexity index is 645. The highest BCUT2D eigenvalue weighted by atomic mass is 32.1.